The van der Waals surface area contributed by atoms with Crippen molar-refractivity contribution in [2.45, 2.75) is 12.8 Å². The summed E-state index contributed by atoms with van der Waals surface area (Å²) >= 11 is 5.13. The second-order valence-corrected chi connectivity index (χ2v) is 7.11. The van der Waals surface area contributed by atoms with E-state index in [0.29, 0.717) is 24.3 Å². The molecule has 3 rings (SSSR count). The summed E-state index contributed by atoms with van der Waals surface area (Å²) in [5.74, 6) is -1.03. The van der Waals surface area contributed by atoms with Gasteiger partial charge in [-0.2, -0.15) is 0 Å². The van der Waals surface area contributed by atoms with Gasteiger partial charge in [0.05, 0.1) is 32.7 Å². The Labute approximate surface area is 181 Å². The van der Waals surface area contributed by atoms with Gasteiger partial charge in [-0.3, -0.25) is 35.1 Å². The van der Waals surface area contributed by atoms with Gasteiger partial charge in [-0.1, -0.05) is 12.1 Å². The Bertz CT molecular complexity index is 1050. The monoisotopic (exact) mass is 443 g/mol. The standard InChI is InChI=1S/C19H17N5O6S/c25-17(12-9-13(23(27)28)11-14(10-12)24(29)30)21-19(31)20-16-6-2-1-5-15(16)18(26)22-7-3-4-8-22/h1-2,5-6,9-11H,3-4,7-8H2,(H2,20,21,25,31). The van der Waals surface area contributed by atoms with E-state index in [1.54, 1.807) is 29.2 Å². The third-order valence-corrected chi connectivity index (χ3v) is 4.82. The Morgan fingerprint density at radius 3 is 2.13 bits per heavy atom. The molecule has 1 aliphatic heterocycles. The van der Waals surface area contributed by atoms with E-state index < -0.39 is 27.1 Å². The van der Waals surface area contributed by atoms with E-state index in [4.69, 9.17) is 12.2 Å². The Morgan fingerprint density at radius 2 is 1.55 bits per heavy atom. The first-order valence-corrected chi connectivity index (χ1v) is 9.61. The summed E-state index contributed by atoms with van der Waals surface area (Å²) in [6.07, 6.45) is 1.87. The van der Waals surface area contributed by atoms with Gasteiger partial charge in [0.15, 0.2) is 5.11 Å². The number of hydrogen-bond acceptors (Lipinski definition) is 7. The van der Waals surface area contributed by atoms with E-state index in [2.05, 4.69) is 10.6 Å². The van der Waals surface area contributed by atoms with Crippen LogP contribution in [0.5, 0.6) is 0 Å². The SMILES string of the molecule is O=C(NC(=S)Nc1ccccc1C(=O)N1CCCC1)c1cc([N+](=O)[O-])cc([N+](=O)[O-])c1. The van der Waals surface area contributed by atoms with E-state index in [-0.39, 0.29) is 16.6 Å². The number of nitrogens with one attached hydrogen (secondary N) is 2. The number of para-hydroxylation sites is 1. The first-order valence-electron chi connectivity index (χ1n) is 9.21. The number of hydrogen-bond donors (Lipinski definition) is 2. The fraction of sp³-hybridized carbons (Fsp3) is 0.211. The van der Waals surface area contributed by atoms with Crippen molar-refractivity contribution in [2.75, 3.05) is 18.4 Å². The number of likely N-dealkylation sites (tertiary alicyclic amines) is 1. The predicted octanol–water partition coefficient (Wildman–Crippen LogP) is 2.87. The average Bonchev–Trinajstić information content (AvgIpc) is 3.28. The molecule has 0 aromatic heterocycles. The highest BCUT2D eigenvalue weighted by atomic mass is 32.1. The maximum absolute atomic E-state index is 12.7. The molecule has 31 heavy (non-hydrogen) atoms. The van der Waals surface area contributed by atoms with E-state index in [1.807, 2.05) is 0 Å². The van der Waals surface area contributed by atoms with Crippen LogP contribution in [0, 0.1) is 20.2 Å². The number of thiocarbonyl (C=S) groups is 1. The third-order valence-electron chi connectivity index (χ3n) is 4.61. The lowest BCUT2D eigenvalue weighted by Crippen LogP contribution is -2.35. The summed E-state index contributed by atoms with van der Waals surface area (Å²) in [4.78, 5) is 47.3. The lowest BCUT2D eigenvalue weighted by Gasteiger charge is -2.18. The Kier molecular flexibility index (Phi) is 6.50. The number of carbonyl (C=O) groups excluding carboxylic acids is 2. The summed E-state index contributed by atoms with van der Waals surface area (Å²) in [6, 6.07) is 9.24. The van der Waals surface area contributed by atoms with Crippen molar-refractivity contribution in [3.05, 3.63) is 73.8 Å². The second kappa shape index (κ2) is 9.26. The van der Waals surface area contributed by atoms with Crippen molar-refractivity contribution >= 4 is 46.2 Å². The zero-order valence-electron chi connectivity index (χ0n) is 16.1. The maximum Gasteiger partial charge on any atom is 0.277 e. The smallest absolute Gasteiger partial charge is 0.277 e. The molecule has 0 saturated carbocycles. The van der Waals surface area contributed by atoms with Crippen molar-refractivity contribution in [3.8, 4) is 0 Å². The minimum atomic E-state index is -0.868. The fourth-order valence-electron chi connectivity index (χ4n) is 3.14. The van der Waals surface area contributed by atoms with E-state index in [1.165, 1.54) is 0 Å². The van der Waals surface area contributed by atoms with E-state index >= 15 is 0 Å². The van der Waals surface area contributed by atoms with Gasteiger partial charge in [0.25, 0.3) is 23.2 Å². The number of nitrogens with zero attached hydrogens (tertiary/aromatic N) is 3. The van der Waals surface area contributed by atoms with Crippen molar-refractivity contribution < 1.29 is 19.4 Å². The molecule has 2 aromatic rings. The molecular formula is C19H17N5O6S. The summed E-state index contributed by atoms with van der Waals surface area (Å²) in [6.45, 7) is 1.33. The normalized spacial score (nSPS) is 12.8. The van der Waals surface area contributed by atoms with Crippen LogP contribution in [-0.4, -0.2) is 44.8 Å². The minimum absolute atomic E-state index is 0.163. The lowest BCUT2D eigenvalue weighted by atomic mass is 10.1. The molecule has 0 aliphatic carbocycles. The summed E-state index contributed by atoms with van der Waals surface area (Å²) in [5, 5.41) is 26.9. The van der Waals surface area contributed by atoms with Crippen LogP contribution in [-0.2, 0) is 0 Å². The van der Waals surface area contributed by atoms with Crippen LogP contribution in [0.15, 0.2) is 42.5 Å². The quantitative estimate of drug-likeness (QED) is 0.407. The largest absolute Gasteiger partial charge is 0.339 e. The molecule has 2 N–H and O–H groups in total. The number of amides is 2. The Hall–Kier alpha value is -3.93. The zero-order chi connectivity index (χ0) is 22.5. The molecule has 0 radical (unpaired) electrons. The topological polar surface area (TPSA) is 148 Å². The van der Waals surface area contributed by atoms with Crippen molar-refractivity contribution in [3.63, 3.8) is 0 Å². The van der Waals surface area contributed by atoms with Crippen molar-refractivity contribution in [1.82, 2.24) is 10.2 Å². The molecular weight excluding hydrogens is 426 g/mol. The van der Waals surface area contributed by atoms with Gasteiger partial charge in [0, 0.05) is 25.2 Å². The van der Waals surface area contributed by atoms with E-state index in [9.17, 15) is 29.8 Å². The first-order chi connectivity index (χ1) is 14.8. The number of nitro groups is 2. The molecule has 0 bridgehead atoms. The predicted molar refractivity (Wildman–Crippen MR) is 115 cm³/mol. The number of anilines is 1. The third kappa shape index (κ3) is 5.17. The zero-order valence-corrected chi connectivity index (χ0v) is 16.9. The number of benzene rings is 2. The molecule has 1 heterocycles. The molecule has 11 nitrogen and oxygen atoms in total. The molecule has 2 amide bonds. The Morgan fingerprint density at radius 1 is 0.968 bits per heavy atom. The number of nitro benzene ring substituents is 2. The van der Waals surface area contributed by atoms with Crippen LogP contribution in [0.3, 0.4) is 0 Å². The molecule has 12 heteroatoms. The van der Waals surface area contributed by atoms with Gasteiger partial charge >= 0.3 is 0 Å². The average molecular weight is 443 g/mol. The van der Waals surface area contributed by atoms with Gasteiger partial charge in [0.1, 0.15) is 0 Å². The van der Waals surface area contributed by atoms with Gasteiger partial charge < -0.3 is 10.2 Å². The summed E-state index contributed by atoms with van der Waals surface area (Å²) in [7, 11) is 0. The molecule has 2 aromatic carbocycles. The van der Waals surface area contributed by atoms with Gasteiger partial charge in [-0.05, 0) is 37.2 Å². The minimum Gasteiger partial charge on any atom is -0.339 e. The Balaban J connectivity index is 1.76. The molecule has 1 fully saturated rings. The molecule has 1 aliphatic rings. The van der Waals surface area contributed by atoms with Crippen LogP contribution in [0.4, 0.5) is 17.1 Å². The van der Waals surface area contributed by atoms with Gasteiger partial charge in [-0.25, -0.2) is 0 Å². The molecule has 0 unspecified atom stereocenters. The van der Waals surface area contributed by atoms with Crippen molar-refractivity contribution in [2.24, 2.45) is 0 Å². The molecule has 0 spiro atoms. The molecule has 160 valence electrons. The number of rotatable bonds is 5. The van der Waals surface area contributed by atoms with Crippen LogP contribution in [0.1, 0.15) is 33.6 Å². The highest BCUT2D eigenvalue weighted by molar-refractivity contribution is 7.80. The first kappa shape index (κ1) is 21.8. The summed E-state index contributed by atoms with van der Waals surface area (Å²) in [5.41, 5.74) is -0.729. The van der Waals surface area contributed by atoms with Crippen LogP contribution < -0.4 is 10.6 Å². The second-order valence-electron chi connectivity index (χ2n) is 6.71. The van der Waals surface area contributed by atoms with Crippen LogP contribution >= 0.6 is 12.2 Å². The highest BCUT2D eigenvalue weighted by Crippen LogP contribution is 2.23. The van der Waals surface area contributed by atoms with Crippen molar-refractivity contribution in [1.29, 1.82) is 0 Å². The lowest BCUT2D eigenvalue weighted by molar-refractivity contribution is -0.394. The molecule has 0 atom stereocenters. The van der Waals surface area contributed by atoms with Crippen LogP contribution in [0.2, 0.25) is 0 Å². The van der Waals surface area contributed by atoms with Crippen LogP contribution in [0.25, 0.3) is 0 Å². The maximum atomic E-state index is 12.7. The number of carbonyl (C=O) groups is 2. The molecule has 1 saturated heterocycles. The van der Waals surface area contributed by atoms with Gasteiger partial charge in [-0.15, -0.1) is 0 Å². The van der Waals surface area contributed by atoms with Gasteiger partial charge in [0.2, 0.25) is 0 Å². The number of non-ortho nitro benzene ring substituents is 2. The highest BCUT2D eigenvalue weighted by Gasteiger charge is 2.23. The fourth-order valence-corrected chi connectivity index (χ4v) is 3.34. The summed E-state index contributed by atoms with van der Waals surface area (Å²) < 4.78 is 0. The van der Waals surface area contributed by atoms with E-state index in [0.717, 1.165) is 31.0 Å².